The van der Waals surface area contributed by atoms with Gasteiger partial charge in [0.1, 0.15) is 5.82 Å². The minimum Gasteiger partial charge on any atom is -0.333 e. The lowest BCUT2D eigenvalue weighted by Gasteiger charge is -2.38. The number of carbonyl (C=O) groups is 1. The molecule has 1 aliphatic heterocycles. The monoisotopic (exact) mass is 304 g/mol. The van der Waals surface area contributed by atoms with Gasteiger partial charge in [-0.15, -0.1) is 0 Å². The Morgan fingerprint density at radius 1 is 1.29 bits per heavy atom. The summed E-state index contributed by atoms with van der Waals surface area (Å²) in [6, 6.07) is 1.74. The van der Waals surface area contributed by atoms with Crippen LogP contribution in [0.3, 0.4) is 0 Å². The zero-order chi connectivity index (χ0) is 15.8. The highest BCUT2D eigenvalue weighted by Crippen LogP contribution is 2.30. The average Bonchev–Trinajstić information content (AvgIpc) is 2.37. The molecular weight excluding hydrogens is 288 g/mol. The molecule has 116 valence electrons. The zero-order valence-corrected chi connectivity index (χ0v) is 11.7. The maximum absolute atomic E-state index is 13.7. The number of carbonyl (C=O) groups excluding carboxylic acids is 1. The normalized spacial score (nSPS) is 20.7. The first kappa shape index (κ1) is 15.8. The third kappa shape index (κ3) is 3.34. The lowest BCUT2D eigenvalue weighted by atomic mass is 10.1. The Balaban J connectivity index is 2.30. The van der Waals surface area contributed by atoms with E-state index in [4.69, 9.17) is 0 Å². The van der Waals surface area contributed by atoms with Crippen molar-refractivity contribution in [2.24, 2.45) is 0 Å². The van der Waals surface area contributed by atoms with Gasteiger partial charge < -0.3 is 9.80 Å². The minimum absolute atomic E-state index is 0.176. The summed E-state index contributed by atoms with van der Waals surface area (Å²) in [7, 11) is 1.89. The molecule has 1 aromatic carbocycles. The summed E-state index contributed by atoms with van der Waals surface area (Å²) in [4.78, 5) is 15.7. The van der Waals surface area contributed by atoms with E-state index >= 15 is 0 Å². The van der Waals surface area contributed by atoms with Gasteiger partial charge in [0.05, 0.1) is 11.1 Å². The Hall–Kier alpha value is -1.63. The molecule has 1 atom stereocenters. The molecule has 1 heterocycles. The van der Waals surface area contributed by atoms with Crippen molar-refractivity contribution in [3.05, 3.63) is 35.1 Å². The smallest absolute Gasteiger partial charge is 0.333 e. The fraction of sp³-hybridized carbons (Fsp3) is 0.500. The van der Waals surface area contributed by atoms with Crippen molar-refractivity contribution in [1.29, 1.82) is 0 Å². The van der Waals surface area contributed by atoms with Crippen LogP contribution in [0.4, 0.5) is 17.6 Å². The van der Waals surface area contributed by atoms with Crippen molar-refractivity contribution in [3.63, 3.8) is 0 Å². The molecule has 1 saturated heterocycles. The van der Waals surface area contributed by atoms with Crippen LogP contribution in [0.15, 0.2) is 18.2 Å². The van der Waals surface area contributed by atoms with Crippen LogP contribution < -0.4 is 0 Å². The number of alkyl halides is 3. The lowest BCUT2D eigenvalue weighted by Crippen LogP contribution is -2.52. The number of hydrogen-bond acceptors (Lipinski definition) is 2. The van der Waals surface area contributed by atoms with E-state index in [9.17, 15) is 22.4 Å². The predicted octanol–water partition coefficient (Wildman–Crippen LogP) is 2.62. The first-order valence-corrected chi connectivity index (χ1v) is 6.56. The van der Waals surface area contributed by atoms with E-state index in [0.717, 1.165) is 0 Å². The first-order valence-electron chi connectivity index (χ1n) is 6.56. The Morgan fingerprint density at radius 3 is 2.52 bits per heavy atom. The Kier molecular flexibility index (Phi) is 4.22. The number of amides is 1. The molecule has 2 rings (SSSR count). The summed E-state index contributed by atoms with van der Waals surface area (Å²) in [6.07, 6.45) is -4.60. The van der Waals surface area contributed by atoms with Crippen molar-refractivity contribution in [3.8, 4) is 0 Å². The van der Waals surface area contributed by atoms with Crippen LogP contribution in [-0.4, -0.2) is 48.4 Å². The number of nitrogens with zero attached hydrogens (tertiary/aromatic N) is 2. The molecule has 0 spiro atoms. The molecule has 0 saturated carbocycles. The molecule has 21 heavy (non-hydrogen) atoms. The summed E-state index contributed by atoms with van der Waals surface area (Å²) >= 11 is 0. The van der Waals surface area contributed by atoms with E-state index in [1.54, 1.807) is 6.92 Å². The van der Waals surface area contributed by atoms with Crippen LogP contribution >= 0.6 is 0 Å². The van der Waals surface area contributed by atoms with Crippen LogP contribution in [-0.2, 0) is 6.18 Å². The molecule has 3 nitrogen and oxygen atoms in total. The Labute approximate surface area is 120 Å². The quantitative estimate of drug-likeness (QED) is 0.745. The van der Waals surface area contributed by atoms with E-state index in [2.05, 4.69) is 0 Å². The second-order valence-electron chi connectivity index (χ2n) is 5.30. The molecular formula is C14H16F4N2O. The third-order valence-corrected chi connectivity index (χ3v) is 3.62. The third-order valence-electron chi connectivity index (χ3n) is 3.62. The minimum atomic E-state index is -4.60. The summed E-state index contributed by atoms with van der Waals surface area (Å²) in [5.41, 5.74) is -1.55. The lowest BCUT2D eigenvalue weighted by molar-refractivity contribution is -0.137. The molecule has 0 radical (unpaired) electrons. The van der Waals surface area contributed by atoms with Gasteiger partial charge >= 0.3 is 6.18 Å². The SMILES string of the molecule is CC1CN(C)CCN1C(=O)c1cc(C(F)(F)F)ccc1F. The molecule has 0 bridgehead atoms. The van der Waals surface area contributed by atoms with E-state index in [1.807, 2.05) is 11.9 Å². The maximum Gasteiger partial charge on any atom is 0.416 e. The molecule has 1 aliphatic rings. The Bertz CT molecular complexity index is 544. The van der Waals surface area contributed by atoms with Gasteiger partial charge in [0.2, 0.25) is 0 Å². The van der Waals surface area contributed by atoms with Crippen molar-refractivity contribution < 1.29 is 22.4 Å². The number of rotatable bonds is 1. The highest BCUT2D eigenvalue weighted by Gasteiger charge is 2.34. The van der Waals surface area contributed by atoms with Crippen LogP contribution in [0.25, 0.3) is 0 Å². The van der Waals surface area contributed by atoms with E-state index in [-0.39, 0.29) is 6.04 Å². The van der Waals surface area contributed by atoms with Crippen molar-refractivity contribution in [2.75, 3.05) is 26.7 Å². The predicted molar refractivity (Wildman–Crippen MR) is 69.4 cm³/mol. The largest absolute Gasteiger partial charge is 0.416 e. The highest BCUT2D eigenvalue weighted by molar-refractivity contribution is 5.95. The number of hydrogen-bond donors (Lipinski definition) is 0. The summed E-state index contributed by atoms with van der Waals surface area (Å²) in [5.74, 6) is -1.63. The molecule has 0 aromatic heterocycles. The van der Waals surface area contributed by atoms with Gasteiger partial charge in [-0.2, -0.15) is 13.2 Å². The number of likely N-dealkylation sites (N-methyl/N-ethyl adjacent to an activating group) is 1. The van der Waals surface area contributed by atoms with Gasteiger partial charge in [-0.05, 0) is 32.2 Å². The Morgan fingerprint density at radius 2 is 1.95 bits per heavy atom. The van der Waals surface area contributed by atoms with Crippen LogP contribution in [0.1, 0.15) is 22.8 Å². The number of halogens is 4. The standard InChI is InChI=1S/C14H16F4N2O/c1-9-8-19(2)5-6-20(9)13(21)11-7-10(14(16,17)18)3-4-12(11)15/h3-4,7,9H,5-6,8H2,1-2H3. The molecule has 1 unspecified atom stereocenters. The van der Waals surface area contributed by atoms with Gasteiger partial charge in [-0.25, -0.2) is 4.39 Å². The van der Waals surface area contributed by atoms with Crippen molar-refractivity contribution in [2.45, 2.75) is 19.1 Å². The fourth-order valence-electron chi connectivity index (χ4n) is 2.46. The topological polar surface area (TPSA) is 23.6 Å². The summed E-state index contributed by atoms with van der Waals surface area (Å²) < 4.78 is 51.8. The fourth-order valence-corrected chi connectivity index (χ4v) is 2.46. The molecule has 1 aromatic rings. The average molecular weight is 304 g/mol. The molecule has 0 aliphatic carbocycles. The van der Waals surface area contributed by atoms with E-state index in [1.165, 1.54) is 4.90 Å². The van der Waals surface area contributed by atoms with E-state index < -0.39 is 29.0 Å². The molecule has 1 amide bonds. The second kappa shape index (κ2) is 5.63. The van der Waals surface area contributed by atoms with Gasteiger partial charge in [-0.1, -0.05) is 0 Å². The van der Waals surface area contributed by atoms with Crippen molar-refractivity contribution >= 4 is 5.91 Å². The van der Waals surface area contributed by atoms with Crippen LogP contribution in [0.2, 0.25) is 0 Å². The van der Waals surface area contributed by atoms with Gasteiger partial charge in [-0.3, -0.25) is 4.79 Å². The van der Waals surface area contributed by atoms with Gasteiger partial charge in [0, 0.05) is 25.7 Å². The number of piperazine rings is 1. The molecule has 7 heteroatoms. The molecule has 1 fully saturated rings. The van der Waals surface area contributed by atoms with E-state index in [0.29, 0.717) is 37.8 Å². The zero-order valence-electron chi connectivity index (χ0n) is 11.7. The van der Waals surface area contributed by atoms with Crippen molar-refractivity contribution in [1.82, 2.24) is 9.80 Å². The summed E-state index contributed by atoms with van der Waals surface area (Å²) in [6.45, 7) is 3.37. The maximum atomic E-state index is 13.7. The van der Waals surface area contributed by atoms with Crippen LogP contribution in [0.5, 0.6) is 0 Å². The van der Waals surface area contributed by atoms with Gasteiger partial charge in [0.25, 0.3) is 5.91 Å². The second-order valence-corrected chi connectivity index (χ2v) is 5.30. The highest BCUT2D eigenvalue weighted by atomic mass is 19.4. The first-order chi connectivity index (χ1) is 9.70. The molecule has 0 N–H and O–H groups in total. The van der Waals surface area contributed by atoms with Crippen LogP contribution in [0, 0.1) is 5.82 Å². The van der Waals surface area contributed by atoms with Gasteiger partial charge in [0.15, 0.2) is 0 Å². The number of benzene rings is 1. The summed E-state index contributed by atoms with van der Waals surface area (Å²) in [5, 5.41) is 0.